The van der Waals surface area contributed by atoms with Crippen molar-refractivity contribution in [2.24, 2.45) is 0 Å². The van der Waals surface area contributed by atoms with Gasteiger partial charge in [0.15, 0.2) is 0 Å². The van der Waals surface area contributed by atoms with Crippen molar-refractivity contribution in [3.05, 3.63) is 65.2 Å². The largest absolute Gasteiger partial charge is 4.00 e. The molecule has 0 radical (unpaired) electrons. The molecule has 0 saturated heterocycles. The Morgan fingerprint density at radius 3 is 1.82 bits per heavy atom. The van der Waals surface area contributed by atoms with Crippen molar-refractivity contribution >= 4 is 0 Å². The molecular formula is C13H13Cl3Ti. The van der Waals surface area contributed by atoms with Crippen LogP contribution in [0.3, 0.4) is 0 Å². The zero-order valence-electron chi connectivity index (χ0n) is 9.46. The van der Waals surface area contributed by atoms with E-state index in [4.69, 9.17) is 0 Å². The standard InChI is InChI=1S/C13H13.3ClH.Ti/c1-11-6-8-13(9-7-11)10-12-4-2-3-5-12;;;;/h2-9H,10H2,1H3;3*1H;/q-1;;;;+4/p-3. The van der Waals surface area contributed by atoms with E-state index in [2.05, 4.69) is 55.5 Å². The third-order valence-corrected chi connectivity index (χ3v) is 2.26. The van der Waals surface area contributed by atoms with Crippen molar-refractivity contribution in [3.63, 3.8) is 0 Å². The molecule has 4 heteroatoms. The third kappa shape index (κ3) is 7.23. The summed E-state index contributed by atoms with van der Waals surface area (Å²) in [4.78, 5) is 0. The Bertz CT molecular complexity index is 368. The summed E-state index contributed by atoms with van der Waals surface area (Å²) in [5, 5.41) is 0. The summed E-state index contributed by atoms with van der Waals surface area (Å²) in [7, 11) is 0. The molecule has 2 rings (SSSR count). The van der Waals surface area contributed by atoms with Gasteiger partial charge in [-0.1, -0.05) is 35.4 Å². The van der Waals surface area contributed by atoms with Gasteiger partial charge in [0.05, 0.1) is 0 Å². The van der Waals surface area contributed by atoms with Gasteiger partial charge in [0.25, 0.3) is 0 Å². The molecule has 0 fully saturated rings. The Hall–Kier alpha value is 0.154. The van der Waals surface area contributed by atoms with Crippen molar-refractivity contribution < 1.29 is 58.9 Å². The van der Waals surface area contributed by atoms with Crippen LogP contribution < -0.4 is 37.2 Å². The fourth-order valence-corrected chi connectivity index (χ4v) is 1.47. The maximum Gasteiger partial charge on any atom is 4.00 e. The molecule has 0 aliphatic heterocycles. The summed E-state index contributed by atoms with van der Waals surface area (Å²) in [5.74, 6) is 0. The van der Waals surface area contributed by atoms with Crippen LogP contribution in [0.1, 0.15) is 16.7 Å². The van der Waals surface area contributed by atoms with Crippen molar-refractivity contribution in [1.29, 1.82) is 0 Å². The molecule has 0 N–H and O–H groups in total. The number of aryl methyl sites for hydroxylation is 1. The molecule has 0 bridgehead atoms. The summed E-state index contributed by atoms with van der Waals surface area (Å²) in [6, 6.07) is 17.2. The van der Waals surface area contributed by atoms with Crippen LogP contribution in [0.25, 0.3) is 0 Å². The van der Waals surface area contributed by atoms with Crippen LogP contribution in [0.5, 0.6) is 0 Å². The smallest absolute Gasteiger partial charge is 1.00 e. The van der Waals surface area contributed by atoms with Crippen LogP contribution in [0.2, 0.25) is 0 Å². The number of hydrogen-bond donors (Lipinski definition) is 0. The summed E-state index contributed by atoms with van der Waals surface area (Å²) < 4.78 is 0. The number of hydrogen-bond acceptors (Lipinski definition) is 0. The number of benzene rings is 1. The van der Waals surface area contributed by atoms with Crippen LogP contribution in [0.4, 0.5) is 0 Å². The minimum absolute atomic E-state index is 0. The first-order valence-corrected chi connectivity index (χ1v) is 4.61. The molecule has 0 unspecified atom stereocenters. The summed E-state index contributed by atoms with van der Waals surface area (Å²) in [6.45, 7) is 2.12. The van der Waals surface area contributed by atoms with Crippen LogP contribution in [-0.4, -0.2) is 0 Å². The van der Waals surface area contributed by atoms with E-state index < -0.39 is 0 Å². The van der Waals surface area contributed by atoms with Crippen molar-refractivity contribution in [3.8, 4) is 0 Å². The zero-order valence-corrected chi connectivity index (χ0v) is 13.3. The van der Waals surface area contributed by atoms with Gasteiger partial charge in [0.1, 0.15) is 0 Å². The molecule has 90 valence electrons. The van der Waals surface area contributed by atoms with E-state index in [1.54, 1.807) is 0 Å². The second-order valence-electron chi connectivity index (χ2n) is 3.46. The average Bonchev–Trinajstić information content (AvgIpc) is 2.62. The Labute approximate surface area is 137 Å². The predicted molar refractivity (Wildman–Crippen MR) is 56.0 cm³/mol. The van der Waals surface area contributed by atoms with E-state index in [9.17, 15) is 0 Å². The van der Waals surface area contributed by atoms with Crippen LogP contribution in [-0.2, 0) is 28.1 Å². The fourth-order valence-electron chi connectivity index (χ4n) is 1.47. The SMILES string of the molecule is Cc1ccc(C[c-]2cccc2)cc1.[Cl-].[Cl-].[Cl-].[Ti+4]. The molecule has 0 atom stereocenters. The molecule has 0 nitrogen and oxygen atoms in total. The third-order valence-electron chi connectivity index (χ3n) is 2.26. The van der Waals surface area contributed by atoms with E-state index in [1.807, 2.05) is 0 Å². The van der Waals surface area contributed by atoms with Gasteiger partial charge in [-0.15, -0.1) is 0 Å². The predicted octanol–water partition coefficient (Wildman–Crippen LogP) is -5.69. The van der Waals surface area contributed by atoms with Gasteiger partial charge in [0, 0.05) is 0 Å². The van der Waals surface area contributed by atoms with E-state index >= 15 is 0 Å². The van der Waals surface area contributed by atoms with Crippen molar-refractivity contribution in [1.82, 2.24) is 0 Å². The van der Waals surface area contributed by atoms with Crippen molar-refractivity contribution in [2.45, 2.75) is 13.3 Å². The first-order chi connectivity index (χ1) is 6.34. The first-order valence-electron chi connectivity index (χ1n) is 4.61. The minimum Gasteiger partial charge on any atom is -1.00 e. The first kappa shape index (κ1) is 22.3. The molecule has 2 aromatic rings. The van der Waals surface area contributed by atoms with Gasteiger partial charge in [-0.05, 0) is 13.3 Å². The zero-order chi connectivity index (χ0) is 9.10. The van der Waals surface area contributed by atoms with Gasteiger partial charge in [-0.25, -0.2) is 12.1 Å². The molecule has 0 aromatic heterocycles. The Kier molecular flexibility index (Phi) is 14.8. The number of halogens is 3. The molecule has 0 amide bonds. The molecule has 0 heterocycles. The molecule has 0 aliphatic carbocycles. The molecule has 0 saturated carbocycles. The van der Waals surface area contributed by atoms with Crippen LogP contribution in [0.15, 0.2) is 48.5 Å². The van der Waals surface area contributed by atoms with Gasteiger partial charge in [0.2, 0.25) is 0 Å². The fraction of sp³-hybridized carbons (Fsp3) is 0.154. The van der Waals surface area contributed by atoms with Crippen molar-refractivity contribution in [2.75, 3.05) is 0 Å². The maximum atomic E-state index is 2.20. The molecule has 0 spiro atoms. The van der Waals surface area contributed by atoms with E-state index in [0.29, 0.717) is 0 Å². The molecule has 0 aliphatic rings. The monoisotopic (exact) mass is 322 g/mol. The normalized spacial score (nSPS) is 7.82. The van der Waals surface area contributed by atoms with E-state index in [1.165, 1.54) is 16.7 Å². The van der Waals surface area contributed by atoms with Gasteiger partial charge < -0.3 is 37.2 Å². The Morgan fingerprint density at radius 1 is 0.882 bits per heavy atom. The second kappa shape index (κ2) is 11.3. The second-order valence-corrected chi connectivity index (χ2v) is 3.46. The Balaban J connectivity index is -0.000000490. The Morgan fingerprint density at radius 2 is 1.35 bits per heavy atom. The topological polar surface area (TPSA) is 0 Å². The summed E-state index contributed by atoms with van der Waals surface area (Å²) >= 11 is 0. The molecule has 17 heavy (non-hydrogen) atoms. The average molecular weight is 323 g/mol. The van der Waals surface area contributed by atoms with Gasteiger partial charge in [-0.2, -0.15) is 17.7 Å². The van der Waals surface area contributed by atoms with E-state index in [-0.39, 0.29) is 58.9 Å². The quantitative estimate of drug-likeness (QED) is 0.382. The molecule has 2 aromatic carbocycles. The number of rotatable bonds is 2. The van der Waals surface area contributed by atoms with Gasteiger partial charge >= 0.3 is 21.7 Å². The van der Waals surface area contributed by atoms with Crippen LogP contribution in [0, 0.1) is 6.92 Å². The summed E-state index contributed by atoms with van der Waals surface area (Å²) in [5.41, 5.74) is 4.10. The van der Waals surface area contributed by atoms with E-state index in [0.717, 1.165) is 6.42 Å². The summed E-state index contributed by atoms with van der Waals surface area (Å²) in [6.07, 6.45) is 1.05. The maximum absolute atomic E-state index is 2.20. The van der Waals surface area contributed by atoms with Crippen LogP contribution >= 0.6 is 0 Å². The minimum atomic E-state index is 0. The molecular weight excluding hydrogens is 310 g/mol. The van der Waals surface area contributed by atoms with Gasteiger partial charge in [-0.3, -0.25) is 0 Å².